The highest BCUT2D eigenvalue weighted by Crippen LogP contribution is 2.33. The first-order valence-electron chi connectivity index (χ1n) is 6.86. The van der Waals surface area contributed by atoms with Gasteiger partial charge in [-0.25, -0.2) is 0 Å². The lowest BCUT2D eigenvalue weighted by atomic mass is 10.1. The Hall–Kier alpha value is -0.730. The third-order valence-electron chi connectivity index (χ3n) is 3.45. The predicted molar refractivity (Wildman–Crippen MR) is 76.4 cm³/mol. The van der Waals surface area contributed by atoms with E-state index < -0.39 is 0 Å². The normalized spacial score (nSPS) is 16.6. The number of nitrogens with one attached hydrogen (secondary N) is 1. The fraction of sp³-hybridized carbons (Fsp3) is 0.600. The molecule has 1 N–H and O–H groups in total. The molecule has 100 valence electrons. The van der Waals surface area contributed by atoms with Gasteiger partial charge < -0.3 is 10.1 Å². The molecule has 3 heteroatoms. The molecule has 2 nitrogen and oxygen atoms in total. The monoisotopic (exact) mass is 267 g/mol. The molecule has 1 unspecified atom stereocenters. The smallest absolute Gasteiger partial charge is 0.137 e. The van der Waals surface area contributed by atoms with Crippen LogP contribution in [0.3, 0.4) is 0 Å². The zero-order valence-electron chi connectivity index (χ0n) is 11.2. The van der Waals surface area contributed by atoms with E-state index in [0.29, 0.717) is 11.1 Å². The SMILES string of the molecule is CCNC(C)c1ccc(OCCC2CC2)c(Cl)c1. The van der Waals surface area contributed by atoms with E-state index >= 15 is 0 Å². The minimum absolute atomic E-state index is 0.327. The van der Waals surface area contributed by atoms with Gasteiger partial charge in [0.2, 0.25) is 0 Å². The van der Waals surface area contributed by atoms with Crippen molar-refractivity contribution in [2.24, 2.45) is 5.92 Å². The van der Waals surface area contributed by atoms with Crippen LogP contribution < -0.4 is 10.1 Å². The summed E-state index contributed by atoms with van der Waals surface area (Å²) in [5.41, 5.74) is 1.20. The van der Waals surface area contributed by atoms with Crippen LogP contribution in [0.5, 0.6) is 5.75 Å². The van der Waals surface area contributed by atoms with Gasteiger partial charge in [0.05, 0.1) is 11.6 Å². The van der Waals surface area contributed by atoms with Crippen LogP contribution in [-0.2, 0) is 0 Å². The van der Waals surface area contributed by atoms with Gasteiger partial charge in [0, 0.05) is 6.04 Å². The topological polar surface area (TPSA) is 21.3 Å². The Balaban J connectivity index is 1.90. The van der Waals surface area contributed by atoms with Gasteiger partial charge in [-0.3, -0.25) is 0 Å². The number of ether oxygens (including phenoxy) is 1. The second-order valence-electron chi connectivity index (χ2n) is 5.05. The Kier molecular flexibility index (Phi) is 4.90. The lowest BCUT2D eigenvalue weighted by Gasteiger charge is -2.14. The van der Waals surface area contributed by atoms with Gasteiger partial charge in [-0.05, 0) is 43.5 Å². The summed E-state index contributed by atoms with van der Waals surface area (Å²) in [6, 6.07) is 6.40. The van der Waals surface area contributed by atoms with Crippen molar-refractivity contribution >= 4 is 11.6 Å². The molecule has 1 aromatic carbocycles. The van der Waals surface area contributed by atoms with Crippen molar-refractivity contribution in [3.63, 3.8) is 0 Å². The predicted octanol–water partition coefficient (Wildman–Crippen LogP) is 4.19. The largest absolute Gasteiger partial charge is 0.492 e. The van der Waals surface area contributed by atoms with Gasteiger partial charge in [0.1, 0.15) is 5.75 Å². The molecule has 1 fully saturated rings. The quantitative estimate of drug-likeness (QED) is 0.800. The minimum atomic E-state index is 0.327. The first-order chi connectivity index (χ1) is 8.70. The highest BCUT2D eigenvalue weighted by atomic mass is 35.5. The van der Waals surface area contributed by atoms with Gasteiger partial charge in [-0.1, -0.05) is 37.4 Å². The van der Waals surface area contributed by atoms with Crippen LogP contribution in [0.2, 0.25) is 5.02 Å². The van der Waals surface area contributed by atoms with Crippen molar-refractivity contribution in [3.8, 4) is 5.75 Å². The highest BCUT2D eigenvalue weighted by Gasteiger charge is 2.20. The van der Waals surface area contributed by atoms with E-state index in [4.69, 9.17) is 16.3 Å². The summed E-state index contributed by atoms with van der Waals surface area (Å²) >= 11 is 6.25. The second-order valence-corrected chi connectivity index (χ2v) is 5.46. The molecule has 0 bridgehead atoms. The van der Waals surface area contributed by atoms with Gasteiger partial charge in [-0.2, -0.15) is 0 Å². The van der Waals surface area contributed by atoms with Crippen LogP contribution in [0.1, 0.15) is 44.7 Å². The lowest BCUT2D eigenvalue weighted by Crippen LogP contribution is -2.17. The lowest BCUT2D eigenvalue weighted by molar-refractivity contribution is 0.302. The van der Waals surface area contributed by atoms with Crippen molar-refractivity contribution in [2.45, 2.75) is 39.2 Å². The third kappa shape index (κ3) is 3.89. The summed E-state index contributed by atoms with van der Waals surface area (Å²) in [6.45, 7) is 5.99. The number of hydrogen-bond donors (Lipinski definition) is 1. The van der Waals surface area contributed by atoms with Crippen molar-refractivity contribution in [2.75, 3.05) is 13.2 Å². The molecule has 18 heavy (non-hydrogen) atoms. The van der Waals surface area contributed by atoms with Crippen LogP contribution in [0, 0.1) is 5.92 Å². The average Bonchev–Trinajstić information content (AvgIpc) is 3.15. The summed E-state index contributed by atoms with van der Waals surface area (Å²) in [7, 11) is 0. The number of hydrogen-bond acceptors (Lipinski definition) is 2. The molecule has 0 spiro atoms. The van der Waals surface area contributed by atoms with E-state index in [0.717, 1.165) is 31.2 Å². The van der Waals surface area contributed by atoms with Crippen molar-refractivity contribution in [3.05, 3.63) is 28.8 Å². The number of rotatable bonds is 7. The van der Waals surface area contributed by atoms with Crippen LogP contribution >= 0.6 is 11.6 Å². The van der Waals surface area contributed by atoms with Crippen molar-refractivity contribution in [1.29, 1.82) is 0 Å². The zero-order valence-corrected chi connectivity index (χ0v) is 12.0. The average molecular weight is 268 g/mol. The summed E-state index contributed by atoms with van der Waals surface area (Å²) in [4.78, 5) is 0. The Morgan fingerprint density at radius 3 is 2.83 bits per heavy atom. The molecule has 0 heterocycles. The third-order valence-corrected chi connectivity index (χ3v) is 3.74. The van der Waals surface area contributed by atoms with Crippen LogP contribution in [0.15, 0.2) is 18.2 Å². The molecular weight excluding hydrogens is 246 g/mol. The minimum Gasteiger partial charge on any atom is -0.492 e. The molecule has 0 saturated heterocycles. The van der Waals surface area contributed by atoms with Crippen LogP contribution in [0.25, 0.3) is 0 Å². The maximum atomic E-state index is 6.25. The highest BCUT2D eigenvalue weighted by molar-refractivity contribution is 6.32. The summed E-state index contributed by atoms with van der Waals surface area (Å²) in [5.74, 6) is 1.71. The standard InChI is InChI=1S/C15H22ClNO/c1-3-17-11(2)13-6-7-15(14(16)10-13)18-9-8-12-4-5-12/h6-7,10-12,17H,3-5,8-9H2,1-2H3. The first-order valence-corrected chi connectivity index (χ1v) is 7.24. The molecule has 2 rings (SSSR count). The molecule has 1 aromatic rings. The maximum Gasteiger partial charge on any atom is 0.137 e. The first kappa shape index (κ1) is 13.7. The Bertz CT molecular complexity index is 390. The van der Waals surface area contributed by atoms with Gasteiger partial charge >= 0.3 is 0 Å². The summed E-state index contributed by atoms with van der Waals surface area (Å²) < 4.78 is 5.73. The molecule has 0 aliphatic heterocycles. The molecule has 0 aromatic heterocycles. The Morgan fingerprint density at radius 2 is 2.22 bits per heavy atom. The van der Waals surface area contributed by atoms with Gasteiger partial charge in [0.15, 0.2) is 0 Å². The fourth-order valence-electron chi connectivity index (χ4n) is 2.07. The molecule has 0 amide bonds. The van der Waals surface area contributed by atoms with E-state index in [1.54, 1.807) is 0 Å². The van der Waals surface area contributed by atoms with E-state index in [-0.39, 0.29) is 0 Å². The van der Waals surface area contributed by atoms with E-state index in [1.807, 2.05) is 12.1 Å². The molecule has 0 radical (unpaired) electrons. The van der Waals surface area contributed by atoms with Gasteiger partial charge in [0.25, 0.3) is 0 Å². The number of benzene rings is 1. The van der Waals surface area contributed by atoms with Crippen molar-refractivity contribution in [1.82, 2.24) is 5.32 Å². The van der Waals surface area contributed by atoms with E-state index in [1.165, 1.54) is 18.4 Å². The van der Waals surface area contributed by atoms with Crippen molar-refractivity contribution < 1.29 is 4.74 Å². The molecule has 1 aliphatic carbocycles. The zero-order chi connectivity index (χ0) is 13.0. The fourth-order valence-corrected chi connectivity index (χ4v) is 2.31. The molecule has 1 saturated carbocycles. The maximum absolute atomic E-state index is 6.25. The molecule has 1 aliphatic rings. The van der Waals surface area contributed by atoms with E-state index in [9.17, 15) is 0 Å². The van der Waals surface area contributed by atoms with Gasteiger partial charge in [-0.15, -0.1) is 0 Å². The summed E-state index contributed by atoms with van der Waals surface area (Å²) in [5, 5.41) is 4.09. The van der Waals surface area contributed by atoms with Crippen LogP contribution in [0.4, 0.5) is 0 Å². The summed E-state index contributed by atoms with van der Waals surface area (Å²) in [6.07, 6.45) is 3.90. The molecular formula is C15H22ClNO. The molecule has 1 atom stereocenters. The second kappa shape index (κ2) is 6.44. The van der Waals surface area contributed by atoms with Crippen LogP contribution in [-0.4, -0.2) is 13.2 Å². The number of halogens is 1. The van der Waals surface area contributed by atoms with E-state index in [2.05, 4.69) is 25.2 Å². The Morgan fingerprint density at radius 1 is 1.44 bits per heavy atom. The Labute approximate surface area is 115 Å².